The molecule has 2 fully saturated rings. The Bertz CT molecular complexity index is 730. The highest BCUT2D eigenvalue weighted by Gasteiger charge is 2.35. The second-order valence-corrected chi connectivity index (χ2v) is 7.93. The van der Waals surface area contributed by atoms with Gasteiger partial charge in [-0.25, -0.2) is 0 Å². The maximum Gasteiger partial charge on any atom is 0.0991 e. The fraction of sp³-hybridized carbons (Fsp3) is 0.381. The summed E-state index contributed by atoms with van der Waals surface area (Å²) in [6.45, 7) is 1.27. The van der Waals surface area contributed by atoms with Crippen LogP contribution in [0.5, 0.6) is 0 Å². The number of hydrogen-bond acceptors (Lipinski definition) is 3. The van der Waals surface area contributed by atoms with Crippen LogP contribution in [0.1, 0.15) is 49.3 Å². The minimum absolute atomic E-state index is 0.629. The van der Waals surface area contributed by atoms with Crippen LogP contribution in [0.3, 0.4) is 0 Å². The van der Waals surface area contributed by atoms with Gasteiger partial charge in [-0.05, 0) is 74.2 Å². The van der Waals surface area contributed by atoms with Crippen LogP contribution in [0.4, 0.5) is 0 Å². The Balaban J connectivity index is 1.45. The van der Waals surface area contributed by atoms with Crippen LogP contribution in [0.15, 0.2) is 58.3 Å². The molecule has 0 amide bonds. The first-order valence-electron chi connectivity index (χ1n) is 8.87. The van der Waals surface area contributed by atoms with Gasteiger partial charge in [0.15, 0.2) is 0 Å². The van der Waals surface area contributed by atoms with Crippen LogP contribution in [-0.4, -0.2) is 17.5 Å². The third-order valence-electron chi connectivity index (χ3n) is 5.33. The van der Waals surface area contributed by atoms with E-state index in [4.69, 9.17) is 5.26 Å². The molecular weight excluding hydrogens is 312 g/mol. The van der Waals surface area contributed by atoms with Gasteiger partial charge in [-0.15, -0.1) is 0 Å². The zero-order valence-electron chi connectivity index (χ0n) is 13.8. The first kappa shape index (κ1) is 15.7. The lowest BCUT2D eigenvalue weighted by Crippen LogP contribution is -2.35. The van der Waals surface area contributed by atoms with Gasteiger partial charge in [-0.2, -0.15) is 5.26 Å². The fourth-order valence-electron chi connectivity index (χ4n) is 4.11. The Morgan fingerprint density at radius 1 is 0.875 bits per heavy atom. The summed E-state index contributed by atoms with van der Waals surface area (Å²) in [7, 11) is 0. The van der Waals surface area contributed by atoms with Crippen molar-refractivity contribution in [1.82, 2.24) is 4.90 Å². The second kappa shape index (κ2) is 7.01. The number of nitrogens with zero attached hydrogens (tertiary/aromatic N) is 2. The predicted molar refractivity (Wildman–Crippen MR) is 98.0 cm³/mol. The minimum Gasteiger partial charge on any atom is -0.293 e. The zero-order valence-corrected chi connectivity index (χ0v) is 14.6. The van der Waals surface area contributed by atoms with Gasteiger partial charge in [0.2, 0.25) is 0 Å². The molecule has 0 N–H and O–H groups in total. The smallest absolute Gasteiger partial charge is 0.0991 e. The summed E-state index contributed by atoms with van der Waals surface area (Å²) in [5.74, 6) is 0. The summed E-state index contributed by atoms with van der Waals surface area (Å²) in [5, 5.41) is 8.87. The van der Waals surface area contributed by atoms with Crippen molar-refractivity contribution in [3.05, 3.63) is 59.7 Å². The van der Waals surface area contributed by atoms with E-state index in [0.717, 1.165) is 6.04 Å². The molecule has 24 heavy (non-hydrogen) atoms. The quantitative estimate of drug-likeness (QED) is 0.752. The predicted octanol–water partition coefficient (Wildman–Crippen LogP) is 5.40. The third-order valence-corrected chi connectivity index (χ3v) is 6.35. The van der Waals surface area contributed by atoms with E-state index in [1.54, 1.807) is 11.8 Å². The molecule has 4 rings (SSSR count). The first-order valence-corrected chi connectivity index (χ1v) is 9.69. The summed E-state index contributed by atoms with van der Waals surface area (Å²) in [6, 6.07) is 20.5. The molecule has 122 valence electrons. The van der Waals surface area contributed by atoms with Crippen molar-refractivity contribution in [2.45, 2.75) is 54.0 Å². The van der Waals surface area contributed by atoms with Gasteiger partial charge in [0.05, 0.1) is 11.6 Å². The maximum atomic E-state index is 8.87. The van der Waals surface area contributed by atoms with Crippen molar-refractivity contribution in [3.63, 3.8) is 0 Å². The van der Waals surface area contributed by atoms with E-state index < -0.39 is 0 Å². The minimum atomic E-state index is 0.629. The van der Waals surface area contributed by atoms with Gasteiger partial charge in [0, 0.05) is 21.9 Å². The molecule has 2 heterocycles. The standard InChI is InChI=1S/C21H22N2S/c22-15-16-4-9-19(10-5-16)24-20-11-6-17(7-12-20)21-13-8-18-3-1-2-14-23(18)21/h4-7,9-12,18,21H,1-3,8,13-14H2/t18-,21-/m1/s1. The number of fused-ring (bicyclic) bond motifs is 1. The van der Waals surface area contributed by atoms with Crippen LogP contribution in [-0.2, 0) is 0 Å². The van der Waals surface area contributed by atoms with Crippen LogP contribution in [0, 0.1) is 11.3 Å². The molecule has 0 spiro atoms. The molecular formula is C21H22N2S. The summed E-state index contributed by atoms with van der Waals surface area (Å²) < 4.78 is 0. The summed E-state index contributed by atoms with van der Waals surface area (Å²) in [5.41, 5.74) is 2.19. The van der Waals surface area contributed by atoms with Crippen LogP contribution in [0.2, 0.25) is 0 Å². The van der Waals surface area contributed by atoms with Gasteiger partial charge in [-0.1, -0.05) is 30.3 Å². The van der Waals surface area contributed by atoms with Gasteiger partial charge in [0.1, 0.15) is 0 Å². The molecule has 3 heteroatoms. The van der Waals surface area contributed by atoms with E-state index in [2.05, 4.69) is 35.2 Å². The lowest BCUT2D eigenvalue weighted by molar-refractivity contribution is 0.150. The van der Waals surface area contributed by atoms with Crippen molar-refractivity contribution in [2.75, 3.05) is 6.54 Å². The Hall–Kier alpha value is -1.76. The van der Waals surface area contributed by atoms with Crippen molar-refractivity contribution in [1.29, 1.82) is 5.26 Å². The SMILES string of the molecule is N#Cc1ccc(Sc2ccc([C@H]3CC[C@H]4CCCCN43)cc2)cc1. The molecule has 0 aromatic heterocycles. The number of rotatable bonds is 3. The van der Waals surface area contributed by atoms with E-state index in [1.165, 1.54) is 54.0 Å². The Labute approximate surface area is 148 Å². The van der Waals surface area contributed by atoms with E-state index >= 15 is 0 Å². The molecule has 0 saturated carbocycles. The van der Waals surface area contributed by atoms with E-state index in [-0.39, 0.29) is 0 Å². The normalized spacial score (nSPS) is 23.6. The first-order chi connectivity index (χ1) is 11.8. The lowest BCUT2D eigenvalue weighted by Gasteiger charge is -2.34. The Morgan fingerprint density at radius 3 is 2.29 bits per heavy atom. The summed E-state index contributed by atoms with van der Waals surface area (Å²) >= 11 is 1.76. The second-order valence-electron chi connectivity index (χ2n) is 6.79. The molecule has 2 atom stereocenters. The average Bonchev–Trinajstić information content (AvgIpc) is 3.07. The molecule has 2 aromatic carbocycles. The fourth-order valence-corrected chi connectivity index (χ4v) is 4.93. The average molecular weight is 334 g/mol. The highest BCUT2D eigenvalue weighted by Crippen LogP contribution is 2.40. The molecule has 2 saturated heterocycles. The molecule has 2 nitrogen and oxygen atoms in total. The zero-order chi connectivity index (χ0) is 16.4. The highest BCUT2D eigenvalue weighted by atomic mass is 32.2. The molecule has 0 unspecified atom stereocenters. The monoisotopic (exact) mass is 334 g/mol. The van der Waals surface area contributed by atoms with Crippen LogP contribution >= 0.6 is 11.8 Å². The van der Waals surface area contributed by atoms with Gasteiger partial charge >= 0.3 is 0 Å². The van der Waals surface area contributed by atoms with Gasteiger partial charge < -0.3 is 0 Å². The Kier molecular flexibility index (Phi) is 4.60. The summed E-state index contributed by atoms with van der Waals surface area (Å²) in [6.07, 6.45) is 6.84. The lowest BCUT2D eigenvalue weighted by atomic mass is 10.0. The maximum absolute atomic E-state index is 8.87. The van der Waals surface area contributed by atoms with Crippen molar-refractivity contribution in [3.8, 4) is 6.07 Å². The number of nitriles is 1. The summed E-state index contributed by atoms with van der Waals surface area (Å²) in [4.78, 5) is 5.18. The van der Waals surface area contributed by atoms with Crippen molar-refractivity contribution in [2.24, 2.45) is 0 Å². The van der Waals surface area contributed by atoms with Gasteiger partial charge in [-0.3, -0.25) is 4.90 Å². The third kappa shape index (κ3) is 3.22. The topological polar surface area (TPSA) is 27.0 Å². The molecule has 2 aliphatic rings. The Morgan fingerprint density at radius 2 is 1.58 bits per heavy atom. The molecule has 2 aliphatic heterocycles. The molecule has 0 bridgehead atoms. The van der Waals surface area contributed by atoms with E-state index in [9.17, 15) is 0 Å². The number of benzene rings is 2. The molecule has 0 radical (unpaired) electrons. The van der Waals surface area contributed by atoms with E-state index in [1.807, 2.05) is 24.3 Å². The van der Waals surface area contributed by atoms with Crippen LogP contribution in [0.25, 0.3) is 0 Å². The largest absolute Gasteiger partial charge is 0.293 e. The number of piperidine rings is 1. The highest BCUT2D eigenvalue weighted by molar-refractivity contribution is 7.99. The van der Waals surface area contributed by atoms with Crippen LogP contribution < -0.4 is 0 Å². The van der Waals surface area contributed by atoms with Crippen molar-refractivity contribution < 1.29 is 0 Å². The number of hydrogen-bond donors (Lipinski definition) is 0. The van der Waals surface area contributed by atoms with Crippen molar-refractivity contribution >= 4 is 11.8 Å². The van der Waals surface area contributed by atoms with E-state index in [0.29, 0.717) is 11.6 Å². The van der Waals surface area contributed by atoms with Gasteiger partial charge in [0.25, 0.3) is 0 Å². The molecule has 2 aromatic rings. The molecule has 0 aliphatic carbocycles.